The second kappa shape index (κ2) is 5.18. The number of ketones is 1. The van der Waals surface area contributed by atoms with Crippen molar-refractivity contribution >= 4 is 11.6 Å². The molecule has 4 nitrogen and oxygen atoms in total. The lowest BCUT2D eigenvalue weighted by Gasteiger charge is -2.35. The van der Waals surface area contributed by atoms with Crippen molar-refractivity contribution in [2.45, 2.75) is 39.2 Å². The summed E-state index contributed by atoms with van der Waals surface area (Å²) in [5.74, 6) is 0.819. The Morgan fingerprint density at radius 1 is 1.50 bits per heavy atom. The van der Waals surface area contributed by atoms with Gasteiger partial charge in [-0.2, -0.15) is 5.26 Å². The Morgan fingerprint density at radius 2 is 2.28 bits per heavy atom. The van der Waals surface area contributed by atoms with Crippen LogP contribution in [-0.2, 0) is 4.79 Å². The quantitative estimate of drug-likeness (QED) is 0.799. The van der Waals surface area contributed by atoms with Crippen molar-refractivity contribution < 1.29 is 4.79 Å². The van der Waals surface area contributed by atoms with Crippen LogP contribution < -0.4 is 4.90 Å². The van der Waals surface area contributed by atoms with E-state index in [1.807, 2.05) is 17.9 Å². The third-order valence-electron chi connectivity index (χ3n) is 3.38. The van der Waals surface area contributed by atoms with Gasteiger partial charge in [-0.05, 0) is 45.2 Å². The Kier molecular flexibility index (Phi) is 3.61. The molecule has 1 aliphatic rings. The molecule has 0 spiro atoms. The summed E-state index contributed by atoms with van der Waals surface area (Å²) in [4.78, 5) is 18.2. The van der Waals surface area contributed by atoms with Crippen LogP contribution in [0.4, 0.5) is 5.82 Å². The first-order valence-electron chi connectivity index (χ1n) is 6.28. The molecule has 1 aromatic heterocycles. The van der Waals surface area contributed by atoms with E-state index in [0.717, 1.165) is 31.5 Å². The number of nitriles is 1. The van der Waals surface area contributed by atoms with Gasteiger partial charge in [0.25, 0.3) is 0 Å². The first kappa shape index (κ1) is 12.6. The van der Waals surface area contributed by atoms with Crippen molar-refractivity contribution in [2.75, 3.05) is 11.4 Å². The highest BCUT2D eigenvalue weighted by molar-refractivity contribution is 5.85. The maximum absolute atomic E-state index is 11.7. The number of rotatable bonds is 2. The summed E-state index contributed by atoms with van der Waals surface area (Å²) in [5.41, 5.74) is 1.42. The maximum atomic E-state index is 11.7. The second-order valence-corrected chi connectivity index (χ2v) is 4.75. The van der Waals surface area contributed by atoms with Gasteiger partial charge in [0.15, 0.2) is 5.78 Å². The number of Topliss-reactive ketones (excluding diaryl/α,β-unsaturated/α-hetero) is 1. The van der Waals surface area contributed by atoms with Crippen molar-refractivity contribution in [3.63, 3.8) is 0 Å². The molecular weight excluding hydrogens is 226 g/mol. The van der Waals surface area contributed by atoms with E-state index in [2.05, 4.69) is 11.1 Å². The molecular formula is C14H17N3O. The lowest BCUT2D eigenvalue weighted by molar-refractivity contribution is -0.118. The first-order chi connectivity index (χ1) is 8.63. The van der Waals surface area contributed by atoms with Gasteiger partial charge in [0, 0.05) is 12.2 Å². The zero-order valence-corrected chi connectivity index (χ0v) is 10.8. The number of hydrogen-bond donors (Lipinski definition) is 0. The van der Waals surface area contributed by atoms with Gasteiger partial charge in [-0.1, -0.05) is 0 Å². The summed E-state index contributed by atoms with van der Waals surface area (Å²) >= 11 is 0. The fourth-order valence-corrected chi connectivity index (χ4v) is 2.46. The summed E-state index contributed by atoms with van der Waals surface area (Å²) in [6, 6.07) is 5.65. The number of hydrogen-bond acceptors (Lipinski definition) is 4. The van der Waals surface area contributed by atoms with Crippen LogP contribution in [0.15, 0.2) is 12.1 Å². The molecule has 0 N–H and O–H groups in total. The molecule has 0 bridgehead atoms. The normalized spacial score (nSPS) is 19.4. The van der Waals surface area contributed by atoms with Crippen LogP contribution in [0.1, 0.15) is 37.4 Å². The van der Waals surface area contributed by atoms with Crippen molar-refractivity contribution in [3.05, 3.63) is 23.4 Å². The average molecular weight is 243 g/mol. The Bertz CT molecular complexity index is 504. The third-order valence-corrected chi connectivity index (χ3v) is 3.38. The van der Waals surface area contributed by atoms with E-state index in [-0.39, 0.29) is 11.8 Å². The fraction of sp³-hybridized carbons (Fsp3) is 0.500. The fourth-order valence-electron chi connectivity index (χ4n) is 2.46. The van der Waals surface area contributed by atoms with Crippen molar-refractivity contribution in [1.82, 2.24) is 4.98 Å². The smallest absolute Gasteiger partial charge is 0.152 e. The van der Waals surface area contributed by atoms with E-state index < -0.39 is 0 Å². The van der Waals surface area contributed by atoms with Gasteiger partial charge < -0.3 is 4.90 Å². The summed E-state index contributed by atoms with van der Waals surface area (Å²) in [6.45, 7) is 4.32. The minimum absolute atomic E-state index is 0.125. The van der Waals surface area contributed by atoms with Gasteiger partial charge in [-0.25, -0.2) is 4.98 Å². The molecule has 4 heteroatoms. The van der Waals surface area contributed by atoms with Gasteiger partial charge in [0.05, 0.1) is 11.6 Å². The lowest BCUT2D eigenvalue weighted by Crippen LogP contribution is -2.44. The minimum Gasteiger partial charge on any atom is -0.345 e. The summed E-state index contributed by atoms with van der Waals surface area (Å²) in [6.07, 6.45) is 2.97. The van der Waals surface area contributed by atoms with Gasteiger partial charge >= 0.3 is 0 Å². The summed E-state index contributed by atoms with van der Waals surface area (Å²) < 4.78 is 0. The van der Waals surface area contributed by atoms with E-state index >= 15 is 0 Å². The highest BCUT2D eigenvalue weighted by Gasteiger charge is 2.28. The molecule has 94 valence electrons. The molecule has 1 aromatic rings. The highest BCUT2D eigenvalue weighted by Crippen LogP contribution is 2.26. The predicted octanol–water partition coefficient (Wildman–Crippen LogP) is 2.21. The number of aromatic nitrogens is 1. The number of carbonyl (C=O) groups is 1. The number of piperidine rings is 1. The zero-order valence-electron chi connectivity index (χ0n) is 10.8. The molecule has 1 unspecified atom stereocenters. The van der Waals surface area contributed by atoms with Crippen LogP contribution in [0, 0.1) is 18.3 Å². The van der Waals surface area contributed by atoms with E-state index in [0.29, 0.717) is 11.4 Å². The number of pyridine rings is 1. The Hall–Kier alpha value is -1.89. The third kappa shape index (κ3) is 2.35. The van der Waals surface area contributed by atoms with Crippen molar-refractivity contribution in [3.8, 4) is 6.07 Å². The Morgan fingerprint density at radius 3 is 2.94 bits per heavy atom. The number of nitrogens with zero attached hydrogens (tertiary/aromatic N) is 3. The molecule has 1 fully saturated rings. The van der Waals surface area contributed by atoms with Crippen molar-refractivity contribution in [1.29, 1.82) is 5.26 Å². The van der Waals surface area contributed by atoms with Crippen LogP contribution in [0.2, 0.25) is 0 Å². The maximum Gasteiger partial charge on any atom is 0.152 e. The molecule has 1 aliphatic heterocycles. The van der Waals surface area contributed by atoms with Crippen LogP contribution in [0.5, 0.6) is 0 Å². The van der Waals surface area contributed by atoms with Crippen LogP contribution in [0.25, 0.3) is 0 Å². The van der Waals surface area contributed by atoms with Crippen molar-refractivity contribution in [2.24, 2.45) is 0 Å². The van der Waals surface area contributed by atoms with Gasteiger partial charge in [0.1, 0.15) is 11.9 Å². The average Bonchev–Trinajstić information content (AvgIpc) is 2.38. The number of aryl methyl sites for hydroxylation is 1. The molecule has 0 amide bonds. The van der Waals surface area contributed by atoms with Crippen LogP contribution >= 0.6 is 0 Å². The van der Waals surface area contributed by atoms with E-state index in [4.69, 9.17) is 5.26 Å². The molecule has 0 aromatic carbocycles. The standard InChI is InChI=1S/C14H17N3O/c1-10-6-7-12(9-15)14(16-10)17-8-4-3-5-13(17)11(2)18/h6-7,13H,3-5,8H2,1-2H3. The van der Waals surface area contributed by atoms with Crippen LogP contribution in [0.3, 0.4) is 0 Å². The number of carbonyl (C=O) groups excluding carboxylic acids is 1. The number of anilines is 1. The highest BCUT2D eigenvalue weighted by atomic mass is 16.1. The van der Waals surface area contributed by atoms with E-state index in [1.165, 1.54) is 0 Å². The first-order valence-corrected chi connectivity index (χ1v) is 6.28. The molecule has 0 radical (unpaired) electrons. The molecule has 18 heavy (non-hydrogen) atoms. The SMILES string of the molecule is CC(=O)C1CCCCN1c1nc(C)ccc1C#N. The minimum atomic E-state index is -0.125. The summed E-state index contributed by atoms with van der Waals surface area (Å²) in [5, 5.41) is 9.16. The second-order valence-electron chi connectivity index (χ2n) is 4.75. The van der Waals surface area contributed by atoms with E-state index in [1.54, 1.807) is 13.0 Å². The molecule has 0 aliphatic carbocycles. The monoisotopic (exact) mass is 243 g/mol. The van der Waals surface area contributed by atoms with E-state index in [9.17, 15) is 4.79 Å². The van der Waals surface area contributed by atoms with Crippen LogP contribution in [-0.4, -0.2) is 23.4 Å². The summed E-state index contributed by atoms with van der Waals surface area (Å²) in [7, 11) is 0. The van der Waals surface area contributed by atoms with Gasteiger partial charge in [-0.3, -0.25) is 4.79 Å². The molecule has 0 saturated carbocycles. The molecule has 2 rings (SSSR count). The van der Waals surface area contributed by atoms with Gasteiger partial charge in [-0.15, -0.1) is 0 Å². The Labute approximate surface area is 107 Å². The molecule has 1 saturated heterocycles. The van der Waals surface area contributed by atoms with Gasteiger partial charge in [0.2, 0.25) is 0 Å². The molecule has 2 heterocycles. The molecule has 1 atom stereocenters. The zero-order chi connectivity index (χ0) is 13.1. The lowest BCUT2D eigenvalue weighted by atomic mass is 9.98. The predicted molar refractivity (Wildman–Crippen MR) is 69.4 cm³/mol. The topological polar surface area (TPSA) is 57.0 Å². The Balaban J connectivity index is 2.42. The largest absolute Gasteiger partial charge is 0.345 e.